The van der Waals surface area contributed by atoms with Gasteiger partial charge in [-0.2, -0.15) is 9.47 Å². The Morgan fingerprint density at radius 1 is 1.21 bits per heavy atom. The number of imidazole rings is 1. The number of nitrogens with one attached hydrogen (secondary N) is 2. The maximum absolute atomic E-state index is 4.65. The van der Waals surface area contributed by atoms with Crippen LogP contribution < -0.4 is 5.32 Å². The lowest BCUT2D eigenvalue weighted by Crippen LogP contribution is -2.38. The normalized spacial score (nSPS) is 20.3. The van der Waals surface area contributed by atoms with Crippen molar-refractivity contribution < 1.29 is 0 Å². The van der Waals surface area contributed by atoms with E-state index in [9.17, 15) is 0 Å². The van der Waals surface area contributed by atoms with Crippen molar-refractivity contribution in [2.45, 2.75) is 26.8 Å². The van der Waals surface area contributed by atoms with Crippen LogP contribution in [0.3, 0.4) is 0 Å². The molecule has 0 aromatic carbocycles. The number of hydrogen-bond acceptors (Lipinski definition) is 7. The number of aromatic nitrogens is 6. The average molecular weight is 409 g/mol. The average Bonchev–Trinajstić information content (AvgIpc) is 3.41. The Hall–Kier alpha value is -2.78. The largest absolute Gasteiger partial charge is 0.328 e. The summed E-state index contributed by atoms with van der Waals surface area (Å²) < 4.78 is 6.67. The molecule has 5 heterocycles. The first-order valence-electron chi connectivity index (χ1n) is 9.92. The summed E-state index contributed by atoms with van der Waals surface area (Å²) in [5.41, 5.74) is 3.84. The molecule has 4 aromatic rings. The Balaban J connectivity index is 1.34. The molecule has 29 heavy (non-hydrogen) atoms. The minimum Gasteiger partial charge on any atom is -0.328 e. The SMILES string of the molecule is CC1CC(C)CN(Cc2cc(Nc3nccn4c(-c5cn[nH]c5)cnc34)sn2)C1. The molecule has 8 nitrogen and oxygen atoms in total. The Labute approximate surface area is 173 Å². The molecule has 9 heteroatoms. The van der Waals surface area contributed by atoms with Gasteiger partial charge < -0.3 is 5.32 Å². The summed E-state index contributed by atoms with van der Waals surface area (Å²) in [4.78, 5) is 11.6. The van der Waals surface area contributed by atoms with E-state index in [2.05, 4.69) is 54.7 Å². The Morgan fingerprint density at radius 2 is 2.07 bits per heavy atom. The zero-order valence-electron chi connectivity index (χ0n) is 16.5. The second-order valence-corrected chi connectivity index (χ2v) is 8.85. The van der Waals surface area contributed by atoms with Gasteiger partial charge in [0.1, 0.15) is 5.00 Å². The smallest absolute Gasteiger partial charge is 0.180 e. The van der Waals surface area contributed by atoms with Crippen LogP contribution in [0.5, 0.6) is 0 Å². The molecule has 1 fully saturated rings. The van der Waals surface area contributed by atoms with E-state index in [1.165, 1.54) is 18.0 Å². The number of aromatic amines is 1. The quantitative estimate of drug-likeness (QED) is 0.522. The molecule has 0 bridgehead atoms. The van der Waals surface area contributed by atoms with Gasteiger partial charge in [-0.1, -0.05) is 13.8 Å². The number of piperidine rings is 1. The number of H-pyrrole nitrogens is 1. The molecule has 2 N–H and O–H groups in total. The Morgan fingerprint density at radius 3 is 2.86 bits per heavy atom. The predicted octanol–water partition coefficient (Wildman–Crippen LogP) is 3.80. The van der Waals surface area contributed by atoms with Crippen molar-refractivity contribution in [3.05, 3.63) is 42.7 Å². The summed E-state index contributed by atoms with van der Waals surface area (Å²) in [5.74, 6) is 2.22. The van der Waals surface area contributed by atoms with Gasteiger partial charge in [0, 0.05) is 43.8 Å². The third-order valence-corrected chi connectivity index (χ3v) is 6.10. The highest BCUT2D eigenvalue weighted by Crippen LogP contribution is 2.28. The molecule has 2 unspecified atom stereocenters. The lowest BCUT2D eigenvalue weighted by Gasteiger charge is -2.34. The fourth-order valence-electron chi connectivity index (χ4n) is 4.32. The Kier molecular flexibility index (Phi) is 4.76. The van der Waals surface area contributed by atoms with Crippen molar-refractivity contribution >= 4 is 28.0 Å². The summed E-state index contributed by atoms with van der Waals surface area (Å²) in [6.45, 7) is 7.88. The summed E-state index contributed by atoms with van der Waals surface area (Å²) >= 11 is 1.47. The van der Waals surface area contributed by atoms with E-state index in [0.717, 1.165) is 64.9 Å². The van der Waals surface area contributed by atoms with Crippen molar-refractivity contribution in [2.75, 3.05) is 18.4 Å². The van der Waals surface area contributed by atoms with Gasteiger partial charge in [0.05, 0.1) is 23.8 Å². The van der Waals surface area contributed by atoms with Crippen LogP contribution in [-0.2, 0) is 6.54 Å². The molecule has 1 aliphatic rings. The minimum absolute atomic E-state index is 0.720. The van der Waals surface area contributed by atoms with E-state index < -0.39 is 0 Å². The molecular formula is C20H24N8S. The monoisotopic (exact) mass is 408 g/mol. The molecule has 0 spiro atoms. The Bertz CT molecular complexity index is 1090. The van der Waals surface area contributed by atoms with Crippen molar-refractivity contribution in [1.82, 2.24) is 33.8 Å². The fourth-order valence-corrected chi connectivity index (χ4v) is 4.98. The third kappa shape index (κ3) is 3.75. The van der Waals surface area contributed by atoms with Crippen molar-refractivity contribution in [1.29, 1.82) is 0 Å². The second-order valence-electron chi connectivity index (χ2n) is 8.05. The first-order valence-corrected chi connectivity index (χ1v) is 10.7. The van der Waals surface area contributed by atoms with Gasteiger partial charge in [-0.15, -0.1) is 0 Å². The van der Waals surface area contributed by atoms with Gasteiger partial charge in [-0.3, -0.25) is 14.4 Å². The zero-order valence-corrected chi connectivity index (χ0v) is 17.4. The highest BCUT2D eigenvalue weighted by Gasteiger charge is 2.22. The van der Waals surface area contributed by atoms with Gasteiger partial charge in [-0.25, -0.2) is 9.97 Å². The van der Waals surface area contributed by atoms with Crippen LogP contribution >= 0.6 is 11.5 Å². The van der Waals surface area contributed by atoms with Crippen LogP contribution in [0, 0.1) is 11.8 Å². The van der Waals surface area contributed by atoms with Gasteiger partial charge in [0.25, 0.3) is 0 Å². The van der Waals surface area contributed by atoms with Crippen LogP contribution in [0.4, 0.5) is 10.8 Å². The van der Waals surface area contributed by atoms with Gasteiger partial charge >= 0.3 is 0 Å². The number of nitrogens with zero attached hydrogens (tertiary/aromatic N) is 6. The molecule has 1 saturated heterocycles. The van der Waals surface area contributed by atoms with E-state index in [-0.39, 0.29) is 0 Å². The maximum Gasteiger partial charge on any atom is 0.180 e. The molecule has 0 radical (unpaired) electrons. The summed E-state index contributed by atoms with van der Waals surface area (Å²) in [6.07, 6.45) is 10.5. The van der Waals surface area contributed by atoms with Crippen molar-refractivity contribution in [2.24, 2.45) is 11.8 Å². The topological polar surface area (TPSA) is 87.0 Å². The van der Waals surface area contributed by atoms with E-state index in [0.29, 0.717) is 0 Å². The molecule has 1 aliphatic heterocycles. The molecule has 4 aromatic heterocycles. The van der Waals surface area contributed by atoms with E-state index in [1.54, 1.807) is 12.4 Å². The first-order chi connectivity index (χ1) is 14.2. The van der Waals surface area contributed by atoms with Crippen molar-refractivity contribution in [3.8, 4) is 11.3 Å². The van der Waals surface area contributed by atoms with E-state index in [4.69, 9.17) is 0 Å². The molecule has 0 aliphatic carbocycles. The molecule has 150 valence electrons. The summed E-state index contributed by atoms with van der Waals surface area (Å²) in [7, 11) is 0. The number of hydrogen-bond donors (Lipinski definition) is 2. The van der Waals surface area contributed by atoms with E-state index in [1.807, 2.05) is 23.0 Å². The molecule has 0 amide bonds. The van der Waals surface area contributed by atoms with Crippen LogP contribution in [-0.4, -0.2) is 46.9 Å². The lowest BCUT2D eigenvalue weighted by molar-refractivity contribution is 0.133. The highest BCUT2D eigenvalue weighted by atomic mass is 32.1. The molecule has 0 saturated carbocycles. The van der Waals surface area contributed by atoms with Gasteiger partial charge in [0.2, 0.25) is 0 Å². The minimum atomic E-state index is 0.720. The number of fused-ring (bicyclic) bond motifs is 1. The molecule has 5 rings (SSSR count). The number of likely N-dealkylation sites (tertiary alicyclic amines) is 1. The number of anilines is 2. The van der Waals surface area contributed by atoms with Crippen LogP contribution in [0.2, 0.25) is 0 Å². The van der Waals surface area contributed by atoms with Gasteiger partial charge in [0.15, 0.2) is 11.5 Å². The van der Waals surface area contributed by atoms with Crippen LogP contribution in [0.25, 0.3) is 16.9 Å². The third-order valence-electron chi connectivity index (χ3n) is 5.35. The standard InChI is InChI=1S/C20H24N8S/c1-13-5-14(2)11-27(10-13)12-16-6-18(29-26-16)25-19-20-22-9-17(15-7-23-24-8-15)28(20)4-3-21-19/h3-4,6-9,13-14H,5,10-12H2,1-2H3,(H,21,25)(H,23,24). The number of rotatable bonds is 5. The predicted molar refractivity (Wildman–Crippen MR) is 114 cm³/mol. The fraction of sp³-hybridized carbons (Fsp3) is 0.400. The van der Waals surface area contributed by atoms with Gasteiger partial charge in [-0.05, 0) is 35.9 Å². The molecular weight excluding hydrogens is 384 g/mol. The lowest BCUT2D eigenvalue weighted by atomic mass is 9.92. The first kappa shape index (κ1) is 18.3. The summed E-state index contributed by atoms with van der Waals surface area (Å²) in [5, 5.41) is 11.3. The highest BCUT2D eigenvalue weighted by molar-refractivity contribution is 7.10. The summed E-state index contributed by atoms with van der Waals surface area (Å²) in [6, 6.07) is 2.12. The van der Waals surface area contributed by atoms with Crippen LogP contribution in [0.1, 0.15) is 26.0 Å². The molecule has 2 atom stereocenters. The van der Waals surface area contributed by atoms with E-state index >= 15 is 0 Å². The maximum atomic E-state index is 4.65. The zero-order chi connectivity index (χ0) is 19.8. The second kappa shape index (κ2) is 7.57. The van der Waals surface area contributed by atoms with Crippen molar-refractivity contribution in [3.63, 3.8) is 0 Å². The van der Waals surface area contributed by atoms with Crippen LogP contribution in [0.15, 0.2) is 37.1 Å².